The zero-order valence-electron chi connectivity index (χ0n) is 17.0. The lowest BCUT2D eigenvalue weighted by Crippen LogP contribution is -2.44. The minimum Gasteiger partial charge on any atom is -0.351 e. The molecule has 0 saturated carbocycles. The normalized spacial score (nSPS) is 22.3. The summed E-state index contributed by atoms with van der Waals surface area (Å²) in [6, 6.07) is 27.9. The van der Waals surface area contributed by atoms with E-state index in [9.17, 15) is 15.3 Å². The molecule has 0 spiro atoms. The van der Waals surface area contributed by atoms with Gasteiger partial charge in [0.15, 0.2) is 11.2 Å². The Morgan fingerprint density at radius 3 is 2.25 bits per heavy atom. The number of para-hydroxylation sites is 1. The molecule has 1 saturated heterocycles. The van der Waals surface area contributed by atoms with Gasteiger partial charge in [0.05, 0.1) is 18.2 Å². The molecule has 3 atom stereocenters. The van der Waals surface area contributed by atoms with Crippen molar-refractivity contribution in [3.63, 3.8) is 0 Å². The number of carbonyl (C=O) groups is 1. The first-order chi connectivity index (χ1) is 15.6. The zero-order valence-corrected chi connectivity index (χ0v) is 18.6. The van der Waals surface area contributed by atoms with Gasteiger partial charge in [-0.05, 0) is 29.3 Å². The number of carbonyl (C=O) groups excluding carboxylic acids is 1. The molecule has 2 heterocycles. The molecule has 5 rings (SSSR count). The predicted molar refractivity (Wildman–Crippen MR) is 127 cm³/mol. The number of rotatable bonds is 3. The van der Waals surface area contributed by atoms with Gasteiger partial charge in [-0.1, -0.05) is 88.7 Å². The molecule has 5 heteroatoms. The van der Waals surface area contributed by atoms with Gasteiger partial charge in [0.2, 0.25) is 0 Å². The molecule has 1 fully saturated rings. The SMILES string of the molecule is N#CC1(C#N)C(c2ccc(Br)cc2)C(C(=O)c2ccccc2)N2c3ccccc3C=CC21. The van der Waals surface area contributed by atoms with Gasteiger partial charge in [-0.25, -0.2) is 0 Å². The first-order valence-corrected chi connectivity index (χ1v) is 11.1. The predicted octanol–water partition coefficient (Wildman–Crippen LogP) is 5.73. The van der Waals surface area contributed by atoms with E-state index in [0.717, 1.165) is 21.3 Å². The van der Waals surface area contributed by atoms with E-state index in [2.05, 4.69) is 28.1 Å². The van der Waals surface area contributed by atoms with Gasteiger partial charge in [0.1, 0.15) is 6.04 Å². The molecule has 0 amide bonds. The molecule has 154 valence electrons. The van der Waals surface area contributed by atoms with Crippen LogP contribution in [0.1, 0.15) is 27.4 Å². The Balaban J connectivity index is 1.79. The summed E-state index contributed by atoms with van der Waals surface area (Å²) in [5.41, 5.74) is 1.77. The van der Waals surface area contributed by atoms with Crippen LogP contribution < -0.4 is 4.90 Å². The molecular weight excluding hydrogens is 462 g/mol. The number of hydrogen-bond acceptors (Lipinski definition) is 4. The van der Waals surface area contributed by atoms with Crippen molar-refractivity contribution in [3.05, 3.63) is 106 Å². The highest BCUT2D eigenvalue weighted by atomic mass is 79.9. The fraction of sp³-hybridized carbons (Fsp3) is 0.148. The summed E-state index contributed by atoms with van der Waals surface area (Å²) in [5, 5.41) is 20.8. The molecular formula is C27H18BrN3O. The molecule has 2 aliphatic rings. The second-order valence-electron chi connectivity index (χ2n) is 8.07. The fourth-order valence-electron chi connectivity index (χ4n) is 5.05. The summed E-state index contributed by atoms with van der Waals surface area (Å²) in [4.78, 5) is 16.0. The Labute approximate surface area is 195 Å². The molecule has 0 N–H and O–H groups in total. The number of benzene rings is 3. The van der Waals surface area contributed by atoms with Crippen LogP contribution in [0.25, 0.3) is 6.08 Å². The fourth-order valence-corrected chi connectivity index (χ4v) is 5.32. The molecule has 32 heavy (non-hydrogen) atoms. The average molecular weight is 480 g/mol. The third kappa shape index (κ3) is 2.90. The molecule has 0 bridgehead atoms. The third-order valence-corrected chi connectivity index (χ3v) is 7.00. The van der Waals surface area contributed by atoms with Crippen molar-refractivity contribution in [2.24, 2.45) is 5.41 Å². The van der Waals surface area contributed by atoms with Gasteiger partial charge in [0, 0.05) is 21.6 Å². The Kier molecular flexibility index (Phi) is 4.93. The molecule has 3 aromatic carbocycles. The second-order valence-corrected chi connectivity index (χ2v) is 8.98. The highest BCUT2D eigenvalue weighted by Gasteiger charge is 2.63. The van der Waals surface area contributed by atoms with Crippen molar-refractivity contribution in [2.75, 3.05) is 4.90 Å². The van der Waals surface area contributed by atoms with E-state index in [0.29, 0.717) is 5.56 Å². The number of halogens is 1. The summed E-state index contributed by atoms with van der Waals surface area (Å²) in [6.07, 6.45) is 3.85. The monoisotopic (exact) mass is 479 g/mol. The minimum absolute atomic E-state index is 0.0963. The number of anilines is 1. The maximum Gasteiger partial charge on any atom is 0.185 e. The van der Waals surface area contributed by atoms with E-state index >= 15 is 0 Å². The van der Waals surface area contributed by atoms with E-state index in [-0.39, 0.29) is 5.78 Å². The van der Waals surface area contributed by atoms with Crippen LogP contribution in [0, 0.1) is 28.1 Å². The number of nitrogens with zero attached hydrogens (tertiary/aromatic N) is 3. The van der Waals surface area contributed by atoms with E-state index in [1.807, 2.05) is 83.8 Å². The summed E-state index contributed by atoms with van der Waals surface area (Å²) in [6.45, 7) is 0. The molecule has 0 aliphatic carbocycles. The van der Waals surface area contributed by atoms with Crippen LogP contribution in [0.5, 0.6) is 0 Å². The van der Waals surface area contributed by atoms with Gasteiger partial charge in [0.25, 0.3) is 0 Å². The van der Waals surface area contributed by atoms with Crippen LogP contribution in [0.2, 0.25) is 0 Å². The lowest BCUT2D eigenvalue weighted by atomic mass is 9.69. The van der Waals surface area contributed by atoms with E-state index < -0.39 is 23.4 Å². The lowest BCUT2D eigenvalue weighted by molar-refractivity contribution is 0.0951. The summed E-state index contributed by atoms with van der Waals surface area (Å²) in [5.74, 6) is -0.722. The van der Waals surface area contributed by atoms with Gasteiger partial charge in [-0.2, -0.15) is 10.5 Å². The minimum atomic E-state index is -1.42. The van der Waals surface area contributed by atoms with Gasteiger partial charge in [-0.3, -0.25) is 4.79 Å². The largest absolute Gasteiger partial charge is 0.351 e. The lowest BCUT2D eigenvalue weighted by Gasteiger charge is -2.35. The Morgan fingerprint density at radius 1 is 0.906 bits per heavy atom. The Hall–Kier alpha value is -3.67. The number of hydrogen-bond donors (Lipinski definition) is 0. The quantitative estimate of drug-likeness (QED) is 0.449. The maximum absolute atomic E-state index is 14.0. The zero-order chi connectivity index (χ0) is 22.3. The highest BCUT2D eigenvalue weighted by molar-refractivity contribution is 9.10. The second kappa shape index (κ2) is 7.79. The Bertz CT molecular complexity index is 1290. The van der Waals surface area contributed by atoms with Gasteiger partial charge < -0.3 is 4.90 Å². The van der Waals surface area contributed by atoms with Crippen LogP contribution in [-0.2, 0) is 0 Å². The number of nitriles is 2. The van der Waals surface area contributed by atoms with E-state index in [1.54, 1.807) is 12.1 Å². The smallest absolute Gasteiger partial charge is 0.185 e. The van der Waals surface area contributed by atoms with E-state index in [4.69, 9.17) is 0 Å². The van der Waals surface area contributed by atoms with Crippen LogP contribution >= 0.6 is 15.9 Å². The van der Waals surface area contributed by atoms with E-state index in [1.165, 1.54) is 0 Å². The molecule has 0 aromatic heterocycles. The van der Waals surface area contributed by atoms with Crippen LogP contribution in [-0.4, -0.2) is 17.9 Å². The number of ketones is 1. The summed E-state index contributed by atoms with van der Waals surface area (Å²) < 4.78 is 0.896. The number of Topliss-reactive ketones (excluding diaryl/α,β-unsaturated/α-hetero) is 1. The molecule has 2 aliphatic heterocycles. The average Bonchev–Trinajstić information content (AvgIpc) is 3.15. The van der Waals surface area contributed by atoms with Crippen molar-refractivity contribution < 1.29 is 4.79 Å². The summed E-state index contributed by atoms with van der Waals surface area (Å²) in [7, 11) is 0. The van der Waals surface area contributed by atoms with Crippen molar-refractivity contribution in [3.8, 4) is 12.1 Å². The molecule has 4 nitrogen and oxygen atoms in total. The Morgan fingerprint density at radius 2 is 1.56 bits per heavy atom. The first kappa shape index (κ1) is 20.2. The van der Waals surface area contributed by atoms with Crippen LogP contribution in [0.4, 0.5) is 5.69 Å². The maximum atomic E-state index is 14.0. The van der Waals surface area contributed by atoms with Gasteiger partial charge >= 0.3 is 0 Å². The van der Waals surface area contributed by atoms with Crippen molar-refractivity contribution in [1.29, 1.82) is 10.5 Å². The molecule has 3 unspecified atom stereocenters. The van der Waals surface area contributed by atoms with Gasteiger partial charge in [-0.15, -0.1) is 0 Å². The first-order valence-electron chi connectivity index (χ1n) is 10.3. The number of fused-ring (bicyclic) bond motifs is 3. The summed E-state index contributed by atoms with van der Waals surface area (Å²) >= 11 is 3.46. The topological polar surface area (TPSA) is 67.9 Å². The van der Waals surface area contributed by atoms with Crippen molar-refractivity contribution in [2.45, 2.75) is 18.0 Å². The highest BCUT2D eigenvalue weighted by Crippen LogP contribution is 2.55. The molecule has 3 aromatic rings. The van der Waals surface area contributed by atoms with Crippen LogP contribution in [0.15, 0.2) is 89.4 Å². The molecule has 0 radical (unpaired) electrons. The van der Waals surface area contributed by atoms with Crippen molar-refractivity contribution in [1.82, 2.24) is 0 Å². The van der Waals surface area contributed by atoms with Crippen LogP contribution in [0.3, 0.4) is 0 Å². The third-order valence-electron chi connectivity index (χ3n) is 6.47. The standard InChI is InChI=1S/C27H18BrN3O/c28-21-13-10-19(11-14-21)24-25(26(32)20-7-2-1-3-8-20)31-22-9-5-4-6-18(22)12-15-23(31)27(24,16-29)17-30/h1-15,23-25H. The van der Waals surface area contributed by atoms with Crippen molar-refractivity contribution >= 4 is 33.5 Å².